The highest BCUT2D eigenvalue weighted by molar-refractivity contribution is 4.79. The lowest BCUT2D eigenvalue weighted by Crippen LogP contribution is -2.39. The molecular formula is C31H63N5O6. The number of tetrazole rings is 1. The quantitative estimate of drug-likeness (QED) is 0.106. The average molecular weight is 602 g/mol. The number of nitrogens with zero attached hydrogens (tertiary/aromatic N) is 5. The summed E-state index contributed by atoms with van der Waals surface area (Å²) >= 11 is 0. The fourth-order valence-electron chi connectivity index (χ4n) is 5.24. The topological polar surface area (TPSA) is 146 Å². The number of unbranched alkanes of at least 4 members (excludes halogenated alkanes) is 10. The number of aromatic nitrogens is 4. The van der Waals surface area contributed by atoms with Gasteiger partial charge in [-0.15, -0.1) is 0 Å². The summed E-state index contributed by atoms with van der Waals surface area (Å²) in [5, 5.41) is 47.1. The minimum absolute atomic E-state index is 0.00123. The molecule has 0 unspecified atom stereocenters. The van der Waals surface area contributed by atoms with Gasteiger partial charge in [0.2, 0.25) is 0 Å². The SMILES string of the molecule is CCCCCCCN(CCCCCCC)CCCCCn1nnn([C@@H](COC[C@H](O)[C@@H](O)CO)[C@H](C)[C@H](O)CC)c1=O. The molecule has 42 heavy (non-hydrogen) atoms. The minimum atomic E-state index is -1.31. The van der Waals surface area contributed by atoms with Crippen LogP contribution in [-0.4, -0.2) is 103 Å². The molecule has 1 aromatic heterocycles. The van der Waals surface area contributed by atoms with Gasteiger partial charge >= 0.3 is 5.69 Å². The van der Waals surface area contributed by atoms with E-state index in [2.05, 4.69) is 29.2 Å². The van der Waals surface area contributed by atoms with E-state index in [1.807, 2.05) is 13.8 Å². The zero-order valence-corrected chi connectivity index (χ0v) is 27.1. The lowest BCUT2D eigenvalue weighted by atomic mass is 9.94. The monoisotopic (exact) mass is 601 g/mol. The standard InChI is InChI=1S/C31H63N5O6/c1-5-8-10-12-15-19-34(20-16-13-11-9-6-2)21-17-14-18-22-35-31(41)36(33-32-35)27(26(4)28(38)7-3)24-42-25-30(40)29(39)23-37/h26-30,37-40H,5-25H2,1-4H3/t26-,27-,28+,29-,30-/m0/s1. The molecule has 0 bridgehead atoms. The van der Waals surface area contributed by atoms with Crippen molar-refractivity contribution < 1.29 is 25.2 Å². The van der Waals surface area contributed by atoms with Gasteiger partial charge in [0.25, 0.3) is 0 Å². The van der Waals surface area contributed by atoms with E-state index >= 15 is 0 Å². The Morgan fingerprint density at radius 2 is 1.29 bits per heavy atom. The van der Waals surface area contributed by atoms with Crippen LogP contribution in [-0.2, 0) is 11.3 Å². The number of aryl methyl sites for hydroxylation is 1. The molecule has 248 valence electrons. The second-order valence-corrected chi connectivity index (χ2v) is 11.9. The highest BCUT2D eigenvalue weighted by Gasteiger charge is 2.29. The molecule has 0 radical (unpaired) electrons. The molecule has 1 heterocycles. The normalized spacial score (nSPS) is 15.6. The van der Waals surface area contributed by atoms with Gasteiger partial charge in [-0.25, -0.2) is 4.79 Å². The summed E-state index contributed by atoms with van der Waals surface area (Å²) in [5.74, 6) is -0.354. The second kappa shape index (κ2) is 24.0. The van der Waals surface area contributed by atoms with Gasteiger partial charge in [-0.1, -0.05) is 85.5 Å². The van der Waals surface area contributed by atoms with Crippen molar-refractivity contribution in [2.45, 2.75) is 148 Å². The van der Waals surface area contributed by atoms with Crippen molar-refractivity contribution in [1.29, 1.82) is 0 Å². The molecular weight excluding hydrogens is 538 g/mol. The predicted molar refractivity (Wildman–Crippen MR) is 167 cm³/mol. The van der Waals surface area contributed by atoms with E-state index in [0.717, 1.165) is 25.8 Å². The summed E-state index contributed by atoms with van der Waals surface area (Å²) in [4.78, 5) is 15.8. The highest BCUT2D eigenvalue weighted by Crippen LogP contribution is 2.22. The molecule has 1 rings (SSSR count). The van der Waals surface area contributed by atoms with Crippen LogP contribution in [0.4, 0.5) is 0 Å². The first kappa shape index (κ1) is 38.7. The van der Waals surface area contributed by atoms with E-state index in [1.165, 1.54) is 86.7 Å². The second-order valence-electron chi connectivity index (χ2n) is 11.9. The lowest BCUT2D eigenvalue weighted by molar-refractivity contribution is -0.0673. The fourth-order valence-corrected chi connectivity index (χ4v) is 5.24. The van der Waals surface area contributed by atoms with E-state index in [0.29, 0.717) is 13.0 Å². The molecule has 0 aromatic carbocycles. The smallest absolute Gasteiger partial charge is 0.364 e. The van der Waals surface area contributed by atoms with E-state index in [-0.39, 0.29) is 24.8 Å². The summed E-state index contributed by atoms with van der Waals surface area (Å²) in [6, 6.07) is -0.595. The van der Waals surface area contributed by atoms with Gasteiger partial charge in [0.05, 0.1) is 32.0 Å². The van der Waals surface area contributed by atoms with Crippen LogP contribution < -0.4 is 5.69 Å². The summed E-state index contributed by atoms with van der Waals surface area (Å²) in [6.45, 7) is 11.3. The molecule has 0 amide bonds. The fraction of sp³-hybridized carbons (Fsp3) is 0.968. The van der Waals surface area contributed by atoms with Crippen LogP contribution in [0.1, 0.15) is 124 Å². The zero-order chi connectivity index (χ0) is 31.2. The van der Waals surface area contributed by atoms with Crippen LogP contribution in [0.3, 0.4) is 0 Å². The molecule has 0 spiro atoms. The summed E-state index contributed by atoms with van der Waals surface area (Å²) in [7, 11) is 0. The van der Waals surface area contributed by atoms with Gasteiger partial charge in [-0.05, 0) is 62.2 Å². The molecule has 0 saturated carbocycles. The van der Waals surface area contributed by atoms with Gasteiger partial charge < -0.3 is 30.1 Å². The van der Waals surface area contributed by atoms with Crippen molar-refractivity contribution in [3.63, 3.8) is 0 Å². The Kier molecular flexibility index (Phi) is 22.1. The number of aliphatic hydroxyl groups is 4. The van der Waals surface area contributed by atoms with Crippen molar-refractivity contribution in [3.8, 4) is 0 Å². The summed E-state index contributed by atoms with van der Waals surface area (Å²) in [6.07, 6.45) is 13.2. The molecule has 4 N–H and O–H groups in total. The van der Waals surface area contributed by atoms with Crippen LogP contribution in [0.5, 0.6) is 0 Å². The van der Waals surface area contributed by atoms with Crippen molar-refractivity contribution in [3.05, 3.63) is 10.5 Å². The maximum Gasteiger partial charge on any atom is 0.364 e. The predicted octanol–water partition coefficient (Wildman–Crippen LogP) is 3.53. The van der Waals surface area contributed by atoms with Crippen molar-refractivity contribution in [2.75, 3.05) is 39.5 Å². The van der Waals surface area contributed by atoms with Crippen molar-refractivity contribution in [1.82, 2.24) is 24.7 Å². The van der Waals surface area contributed by atoms with Crippen LogP contribution in [0.2, 0.25) is 0 Å². The van der Waals surface area contributed by atoms with Gasteiger partial charge in [0, 0.05) is 12.5 Å². The Balaban J connectivity index is 2.64. The third-order valence-electron chi connectivity index (χ3n) is 8.32. The Hall–Kier alpha value is -1.37. The molecule has 0 aliphatic carbocycles. The maximum atomic E-state index is 13.2. The van der Waals surface area contributed by atoms with E-state index in [4.69, 9.17) is 9.84 Å². The Labute approximate surface area is 254 Å². The molecule has 0 fully saturated rings. The van der Waals surface area contributed by atoms with Gasteiger partial charge in [0.15, 0.2) is 0 Å². The summed E-state index contributed by atoms with van der Waals surface area (Å²) in [5.41, 5.74) is -0.351. The van der Waals surface area contributed by atoms with E-state index < -0.39 is 31.0 Å². The van der Waals surface area contributed by atoms with Crippen molar-refractivity contribution in [2.24, 2.45) is 5.92 Å². The third kappa shape index (κ3) is 15.4. The largest absolute Gasteiger partial charge is 0.394 e. The molecule has 0 aliphatic heterocycles. The first-order valence-corrected chi connectivity index (χ1v) is 16.8. The zero-order valence-electron chi connectivity index (χ0n) is 27.1. The molecule has 11 heteroatoms. The number of hydrogen-bond donors (Lipinski definition) is 4. The van der Waals surface area contributed by atoms with Gasteiger partial charge in [-0.2, -0.15) is 9.36 Å². The Morgan fingerprint density at radius 3 is 1.81 bits per heavy atom. The van der Waals surface area contributed by atoms with Crippen LogP contribution in [0.15, 0.2) is 4.79 Å². The summed E-state index contributed by atoms with van der Waals surface area (Å²) < 4.78 is 8.21. The molecule has 0 aliphatic rings. The van der Waals surface area contributed by atoms with Crippen LogP contribution in [0.25, 0.3) is 0 Å². The van der Waals surface area contributed by atoms with Crippen molar-refractivity contribution >= 4 is 0 Å². The molecule has 0 saturated heterocycles. The average Bonchev–Trinajstić information content (AvgIpc) is 3.36. The molecule has 11 nitrogen and oxygen atoms in total. The van der Waals surface area contributed by atoms with E-state index in [9.17, 15) is 20.1 Å². The Morgan fingerprint density at radius 1 is 0.738 bits per heavy atom. The van der Waals surface area contributed by atoms with Crippen LogP contribution in [0, 0.1) is 5.92 Å². The Bertz CT molecular complexity index is 808. The number of aliphatic hydroxyl groups excluding tert-OH is 4. The number of ether oxygens (including phenoxy) is 1. The molecule has 5 atom stereocenters. The first-order chi connectivity index (χ1) is 20.3. The first-order valence-electron chi connectivity index (χ1n) is 16.8. The van der Waals surface area contributed by atoms with E-state index in [1.54, 1.807) is 0 Å². The number of rotatable bonds is 28. The van der Waals surface area contributed by atoms with Gasteiger partial charge in [0.1, 0.15) is 12.2 Å². The van der Waals surface area contributed by atoms with Crippen LogP contribution >= 0.6 is 0 Å². The number of hydrogen-bond acceptors (Lipinski definition) is 9. The highest BCUT2D eigenvalue weighted by atomic mass is 16.5. The molecule has 1 aromatic rings. The maximum absolute atomic E-state index is 13.2. The lowest BCUT2D eigenvalue weighted by Gasteiger charge is -2.27. The minimum Gasteiger partial charge on any atom is -0.394 e. The third-order valence-corrected chi connectivity index (χ3v) is 8.32. The van der Waals surface area contributed by atoms with Gasteiger partial charge in [-0.3, -0.25) is 0 Å².